The maximum Gasteiger partial charge on any atom is 0.339 e. The fourth-order valence-electron chi connectivity index (χ4n) is 7.08. The Labute approximate surface area is 293 Å². The molecule has 4 aromatic rings. The highest BCUT2D eigenvalue weighted by Crippen LogP contribution is 2.42. The van der Waals surface area contributed by atoms with Gasteiger partial charge in [0.25, 0.3) is 0 Å². The lowest BCUT2D eigenvalue weighted by atomic mass is 9.91. The van der Waals surface area contributed by atoms with Gasteiger partial charge in [0.05, 0.1) is 35.7 Å². The molecule has 3 aliphatic rings. The molecule has 2 unspecified atom stereocenters. The van der Waals surface area contributed by atoms with Gasteiger partial charge in [-0.05, 0) is 109 Å². The van der Waals surface area contributed by atoms with Crippen molar-refractivity contribution in [3.8, 4) is 28.1 Å². The Morgan fingerprint density at radius 1 is 1.12 bits per heavy atom. The van der Waals surface area contributed by atoms with Crippen LogP contribution >= 0.6 is 0 Å². The highest BCUT2D eigenvalue weighted by molar-refractivity contribution is 5.92. The van der Waals surface area contributed by atoms with Crippen LogP contribution in [0.3, 0.4) is 0 Å². The summed E-state index contributed by atoms with van der Waals surface area (Å²) in [6, 6.07) is 12.3. The maximum atomic E-state index is 14.7. The smallest absolute Gasteiger partial charge is 0.339 e. The average Bonchev–Trinajstić information content (AvgIpc) is 3.52. The molecule has 2 atom stereocenters. The van der Waals surface area contributed by atoms with E-state index < -0.39 is 17.7 Å². The van der Waals surface area contributed by atoms with Gasteiger partial charge in [-0.25, -0.2) is 14.2 Å². The van der Waals surface area contributed by atoms with E-state index in [1.807, 2.05) is 69.5 Å². The van der Waals surface area contributed by atoms with Crippen LogP contribution in [0.15, 0.2) is 48.7 Å². The molecule has 2 aromatic heterocycles. The molecule has 0 N–H and O–H groups in total. The molecule has 0 spiro atoms. The molecule has 9 nitrogen and oxygen atoms in total. The summed E-state index contributed by atoms with van der Waals surface area (Å²) in [6.45, 7) is 13.6. The number of aromatic nitrogens is 2. The molecular formula is C40H48FN3O6. The van der Waals surface area contributed by atoms with E-state index in [4.69, 9.17) is 23.9 Å². The summed E-state index contributed by atoms with van der Waals surface area (Å²) in [4.78, 5) is 33.7. The summed E-state index contributed by atoms with van der Waals surface area (Å²) in [6.07, 6.45) is 5.72. The second-order valence-electron chi connectivity index (χ2n) is 14.8. The number of hydrogen-bond acceptors (Lipinski definition) is 8. The zero-order valence-corrected chi connectivity index (χ0v) is 30.2. The Bertz CT molecular complexity index is 1890. The zero-order valence-electron chi connectivity index (χ0n) is 30.2. The first-order valence-electron chi connectivity index (χ1n) is 17.5. The summed E-state index contributed by atoms with van der Waals surface area (Å²) in [5.41, 5.74) is 3.80. The van der Waals surface area contributed by atoms with Crippen LogP contribution in [0.4, 0.5) is 10.2 Å². The Morgan fingerprint density at radius 3 is 2.56 bits per heavy atom. The molecule has 1 saturated heterocycles. The van der Waals surface area contributed by atoms with Gasteiger partial charge in [-0.3, -0.25) is 9.20 Å². The van der Waals surface area contributed by atoms with Crippen LogP contribution in [-0.4, -0.2) is 65.8 Å². The van der Waals surface area contributed by atoms with E-state index in [0.717, 1.165) is 55.3 Å². The second kappa shape index (κ2) is 14.2. The van der Waals surface area contributed by atoms with Crippen molar-refractivity contribution in [3.63, 3.8) is 0 Å². The Morgan fingerprint density at radius 2 is 1.86 bits per heavy atom. The minimum atomic E-state index is -1.10. The lowest BCUT2D eigenvalue weighted by Gasteiger charge is -2.42. The van der Waals surface area contributed by atoms with Crippen molar-refractivity contribution < 1.29 is 32.9 Å². The van der Waals surface area contributed by atoms with Crippen molar-refractivity contribution in [2.45, 2.75) is 97.1 Å². The van der Waals surface area contributed by atoms with E-state index in [1.54, 1.807) is 6.07 Å². The number of ether oxygens (including phenoxy) is 4. The fraction of sp³-hybridized carbons (Fsp3) is 0.475. The van der Waals surface area contributed by atoms with Crippen molar-refractivity contribution in [1.82, 2.24) is 9.38 Å². The van der Waals surface area contributed by atoms with Crippen LogP contribution in [0.2, 0.25) is 0 Å². The largest absolute Gasteiger partial charge is 0.490 e. The SMILES string of the molecule is COC(=O)C(OC(C)(C)C)c1c(C)c(C=O)c2nc3cn2c1N1CCC(C)(CC1)OCCCCC(C)Oc1ccc(F)cc1-c1cccc-3c1. The number of imidazole rings is 1. The monoisotopic (exact) mass is 685 g/mol. The molecular weight excluding hydrogens is 637 g/mol. The van der Waals surface area contributed by atoms with E-state index in [1.165, 1.54) is 19.2 Å². The van der Waals surface area contributed by atoms with Crippen molar-refractivity contribution in [2.24, 2.45) is 0 Å². The highest BCUT2D eigenvalue weighted by atomic mass is 19.1. The fourth-order valence-corrected chi connectivity index (χ4v) is 7.08. The number of fused-ring (bicyclic) bond motifs is 8. The number of benzene rings is 2. The average molecular weight is 686 g/mol. The third-order valence-electron chi connectivity index (χ3n) is 9.81. The molecule has 6 bridgehead atoms. The Kier molecular flexibility index (Phi) is 10.1. The number of pyridine rings is 1. The Balaban J connectivity index is 1.60. The molecule has 0 aliphatic carbocycles. The van der Waals surface area contributed by atoms with Gasteiger partial charge in [0.1, 0.15) is 23.0 Å². The number of halogens is 1. The normalized spacial score (nSPS) is 20.6. The lowest BCUT2D eigenvalue weighted by Crippen LogP contribution is -2.45. The molecule has 7 rings (SSSR count). The molecule has 1 fully saturated rings. The predicted molar refractivity (Wildman–Crippen MR) is 191 cm³/mol. The molecule has 0 radical (unpaired) electrons. The van der Waals surface area contributed by atoms with Crippen LogP contribution in [0.1, 0.15) is 94.3 Å². The topological polar surface area (TPSA) is 91.6 Å². The van der Waals surface area contributed by atoms with E-state index in [9.17, 15) is 14.0 Å². The first-order chi connectivity index (χ1) is 23.8. The minimum absolute atomic E-state index is 0.0704. The number of rotatable bonds is 4. The molecule has 50 heavy (non-hydrogen) atoms. The minimum Gasteiger partial charge on any atom is -0.490 e. The first kappa shape index (κ1) is 35.5. The number of nitrogens with zero attached hydrogens (tertiary/aromatic N) is 3. The van der Waals surface area contributed by atoms with Gasteiger partial charge in [0.15, 0.2) is 12.4 Å². The van der Waals surface area contributed by atoms with Crippen molar-refractivity contribution in [1.29, 1.82) is 0 Å². The molecule has 5 heterocycles. The molecule has 2 aromatic carbocycles. The van der Waals surface area contributed by atoms with Gasteiger partial charge in [-0.15, -0.1) is 0 Å². The summed E-state index contributed by atoms with van der Waals surface area (Å²) in [7, 11) is 1.34. The van der Waals surface area contributed by atoms with Gasteiger partial charge < -0.3 is 23.8 Å². The van der Waals surface area contributed by atoms with Gasteiger partial charge in [-0.2, -0.15) is 0 Å². The van der Waals surface area contributed by atoms with Crippen LogP contribution in [0, 0.1) is 12.7 Å². The van der Waals surface area contributed by atoms with Crippen LogP contribution in [0.5, 0.6) is 5.75 Å². The predicted octanol–water partition coefficient (Wildman–Crippen LogP) is 8.28. The van der Waals surface area contributed by atoms with Gasteiger partial charge in [0, 0.05) is 42.6 Å². The number of methoxy groups -OCH3 is 1. The molecule has 0 saturated carbocycles. The number of hydrogen-bond donors (Lipinski definition) is 0. The van der Waals surface area contributed by atoms with Crippen LogP contribution in [0.25, 0.3) is 28.0 Å². The first-order valence-corrected chi connectivity index (χ1v) is 17.5. The molecule has 3 aliphatic heterocycles. The van der Waals surface area contributed by atoms with Crippen molar-refractivity contribution in [2.75, 3.05) is 31.7 Å². The summed E-state index contributed by atoms with van der Waals surface area (Å²) in [5.74, 6) is 0.419. The summed E-state index contributed by atoms with van der Waals surface area (Å²) >= 11 is 0. The highest BCUT2D eigenvalue weighted by Gasteiger charge is 2.38. The van der Waals surface area contributed by atoms with Gasteiger partial charge >= 0.3 is 5.97 Å². The van der Waals surface area contributed by atoms with Gasteiger partial charge in [0.2, 0.25) is 0 Å². The number of piperidine rings is 1. The van der Waals surface area contributed by atoms with Crippen LogP contribution < -0.4 is 9.64 Å². The van der Waals surface area contributed by atoms with E-state index in [0.29, 0.717) is 59.0 Å². The van der Waals surface area contributed by atoms with Crippen molar-refractivity contribution >= 4 is 23.7 Å². The number of anilines is 1. The van der Waals surface area contributed by atoms with E-state index >= 15 is 0 Å². The molecule has 266 valence electrons. The van der Waals surface area contributed by atoms with E-state index in [-0.39, 0.29) is 17.5 Å². The molecule has 10 heteroatoms. The number of aldehydes is 1. The number of esters is 1. The number of carbonyl (C=O) groups is 2. The zero-order chi connectivity index (χ0) is 35.8. The van der Waals surface area contributed by atoms with Crippen LogP contribution in [-0.2, 0) is 19.0 Å². The standard InChI is InChI=1S/C40H48FN3O6/c1-25-11-8-9-20-48-40(6)16-18-43(19-17-40)37-34(35(38(46)47-7)50-39(3,4)5)26(2)31(24-45)36-42-32(23-44(36)37)28-13-10-12-27(21-28)30-22-29(41)14-15-33(30)49-25/h10,12-15,21-25,35H,8-9,11,16-20H2,1-7H3. The van der Waals surface area contributed by atoms with E-state index in [2.05, 4.69) is 11.8 Å². The number of carbonyl (C=O) groups excluding carboxylic acids is 2. The Hall–Kier alpha value is -4.28. The van der Waals surface area contributed by atoms with Crippen molar-refractivity contribution in [3.05, 3.63) is 71.2 Å². The third-order valence-corrected chi connectivity index (χ3v) is 9.81. The summed E-state index contributed by atoms with van der Waals surface area (Å²) in [5, 5.41) is 0. The maximum absolute atomic E-state index is 14.7. The summed E-state index contributed by atoms with van der Waals surface area (Å²) < 4.78 is 41.2. The quantitative estimate of drug-likeness (QED) is 0.157. The molecule has 0 amide bonds. The third kappa shape index (κ3) is 7.28. The second-order valence-corrected chi connectivity index (χ2v) is 14.8. The van der Waals surface area contributed by atoms with Gasteiger partial charge in [-0.1, -0.05) is 18.2 Å². The lowest BCUT2D eigenvalue weighted by molar-refractivity contribution is -0.164.